The molecule has 1 nitrogen and oxygen atoms in total. The molecule has 0 aliphatic heterocycles. The van der Waals surface area contributed by atoms with Gasteiger partial charge in [0.25, 0.3) is 0 Å². The van der Waals surface area contributed by atoms with Crippen molar-refractivity contribution in [3.05, 3.63) is 35.4 Å². The maximum Gasteiger partial charge on any atom is 0.00779 e. The zero-order valence-corrected chi connectivity index (χ0v) is 12.8. The molecule has 1 aliphatic rings. The summed E-state index contributed by atoms with van der Waals surface area (Å²) in [5.74, 6) is 0.907. The van der Waals surface area contributed by atoms with E-state index < -0.39 is 0 Å². The minimum Gasteiger partial charge on any atom is -0.316 e. The van der Waals surface area contributed by atoms with E-state index in [2.05, 4.69) is 50.4 Å². The Morgan fingerprint density at radius 1 is 1.16 bits per heavy atom. The van der Waals surface area contributed by atoms with Crippen LogP contribution in [0.5, 0.6) is 0 Å². The van der Waals surface area contributed by atoms with E-state index in [1.165, 1.54) is 37.7 Å². The van der Waals surface area contributed by atoms with E-state index in [1.807, 2.05) is 0 Å². The summed E-state index contributed by atoms with van der Waals surface area (Å²) in [6.45, 7) is 9.11. The zero-order valence-electron chi connectivity index (χ0n) is 12.8. The van der Waals surface area contributed by atoms with Crippen molar-refractivity contribution in [1.29, 1.82) is 0 Å². The first-order valence-corrected chi connectivity index (χ1v) is 7.94. The standard InChI is InChI=1S/C18H29N/c1-4-13-19-14-18(11-9-16(3)10-12-18)17-7-5-15(2)6-8-17/h5-8,16,19H,4,9-14H2,1-3H3. The SMILES string of the molecule is CCCNCC1(c2ccc(C)cc2)CCC(C)CC1. The molecular formula is C18H29N. The molecule has 0 spiro atoms. The van der Waals surface area contributed by atoms with Crippen molar-refractivity contribution < 1.29 is 0 Å². The van der Waals surface area contributed by atoms with E-state index in [0.29, 0.717) is 5.41 Å². The van der Waals surface area contributed by atoms with Crippen molar-refractivity contribution in [2.24, 2.45) is 5.92 Å². The van der Waals surface area contributed by atoms with Crippen LogP contribution in [0.1, 0.15) is 57.1 Å². The maximum absolute atomic E-state index is 3.67. The Morgan fingerprint density at radius 3 is 2.37 bits per heavy atom. The van der Waals surface area contributed by atoms with Gasteiger partial charge in [0, 0.05) is 12.0 Å². The fourth-order valence-electron chi connectivity index (χ4n) is 3.29. The zero-order chi connectivity index (χ0) is 13.7. The van der Waals surface area contributed by atoms with Crippen molar-refractivity contribution >= 4 is 0 Å². The Morgan fingerprint density at radius 2 is 1.79 bits per heavy atom. The fourth-order valence-corrected chi connectivity index (χ4v) is 3.29. The fraction of sp³-hybridized carbons (Fsp3) is 0.667. The first kappa shape index (κ1) is 14.6. The molecule has 106 valence electrons. The third kappa shape index (κ3) is 3.60. The van der Waals surface area contributed by atoms with Gasteiger partial charge < -0.3 is 5.32 Å². The van der Waals surface area contributed by atoms with Gasteiger partial charge in [0.05, 0.1) is 0 Å². The summed E-state index contributed by atoms with van der Waals surface area (Å²) in [6, 6.07) is 9.27. The van der Waals surface area contributed by atoms with Crippen molar-refractivity contribution in [2.75, 3.05) is 13.1 Å². The normalized spacial score (nSPS) is 27.4. The van der Waals surface area contributed by atoms with Crippen LogP contribution in [0, 0.1) is 12.8 Å². The highest BCUT2D eigenvalue weighted by molar-refractivity contribution is 5.30. The van der Waals surface area contributed by atoms with Crippen molar-refractivity contribution in [3.8, 4) is 0 Å². The molecule has 1 N–H and O–H groups in total. The summed E-state index contributed by atoms with van der Waals surface area (Å²) in [5.41, 5.74) is 3.30. The molecule has 1 aliphatic carbocycles. The third-order valence-corrected chi connectivity index (χ3v) is 4.79. The summed E-state index contributed by atoms with van der Waals surface area (Å²) in [7, 11) is 0. The van der Waals surface area contributed by atoms with Gasteiger partial charge in [-0.15, -0.1) is 0 Å². The number of nitrogens with one attached hydrogen (secondary N) is 1. The van der Waals surface area contributed by atoms with Crippen LogP contribution in [-0.2, 0) is 5.41 Å². The first-order chi connectivity index (χ1) is 9.16. The summed E-state index contributed by atoms with van der Waals surface area (Å²) in [6.07, 6.45) is 6.66. The van der Waals surface area contributed by atoms with E-state index in [4.69, 9.17) is 0 Å². The Labute approximate surface area is 118 Å². The third-order valence-electron chi connectivity index (χ3n) is 4.79. The molecule has 0 atom stereocenters. The lowest BCUT2D eigenvalue weighted by atomic mass is 9.67. The van der Waals surface area contributed by atoms with E-state index in [-0.39, 0.29) is 0 Å². The van der Waals surface area contributed by atoms with Crippen LogP contribution >= 0.6 is 0 Å². The summed E-state index contributed by atoms with van der Waals surface area (Å²) < 4.78 is 0. The topological polar surface area (TPSA) is 12.0 Å². The van der Waals surface area contributed by atoms with Crippen LogP contribution in [0.15, 0.2) is 24.3 Å². The molecule has 0 bridgehead atoms. The quantitative estimate of drug-likeness (QED) is 0.771. The molecule has 0 aromatic heterocycles. The van der Waals surface area contributed by atoms with Crippen LogP contribution in [0.2, 0.25) is 0 Å². The molecule has 2 rings (SSSR count). The summed E-state index contributed by atoms with van der Waals surface area (Å²) in [4.78, 5) is 0. The van der Waals surface area contributed by atoms with Crippen LogP contribution < -0.4 is 5.32 Å². The number of hydrogen-bond donors (Lipinski definition) is 1. The highest BCUT2D eigenvalue weighted by Crippen LogP contribution is 2.41. The molecule has 1 saturated carbocycles. The van der Waals surface area contributed by atoms with Crippen LogP contribution in [-0.4, -0.2) is 13.1 Å². The predicted octanol–water partition coefficient (Wildman–Crippen LogP) is 4.44. The Hall–Kier alpha value is -0.820. The first-order valence-electron chi connectivity index (χ1n) is 7.94. The number of rotatable bonds is 5. The molecule has 19 heavy (non-hydrogen) atoms. The minimum absolute atomic E-state index is 0.384. The number of benzene rings is 1. The second-order valence-corrected chi connectivity index (χ2v) is 6.51. The van der Waals surface area contributed by atoms with Gasteiger partial charge in [-0.3, -0.25) is 0 Å². The van der Waals surface area contributed by atoms with Gasteiger partial charge >= 0.3 is 0 Å². The summed E-state index contributed by atoms with van der Waals surface area (Å²) in [5, 5.41) is 3.67. The second-order valence-electron chi connectivity index (χ2n) is 6.51. The average molecular weight is 259 g/mol. The van der Waals surface area contributed by atoms with E-state index in [9.17, 15) is 0 Å². The van der Waals surface area contributed by atoms with Crippen LogP contribution in [0.25, 0.3) is 0 Å². The molecule has 0 saturated heterocycles. The molecule has 1 heteroatoms. The monoisotopic (exact) mass is 259 g/mol. The summed E-state index contributed by atoms with van der Waals surface area (Å²) >= 11 is 0. The van der Waals surface area contributed by atoms with Crippen molar-refractivity contribution in [2.45, 2.75) is 58.3 Å². The highest BCUT2D eigenvalue weighted by atomic mass is 14.9. The van der Waals surface area contributed by atoms with Gasteiger partial charge in [-0.2, -0.15) is 0 Å². The van der Waals surface area contributed by atoms with Gasteiger partial charge in [0.15, 0.2) is 0 Å². The second kappa shape index (κ2) is 6.56. The molecule has 0 heterocycles. The van der Waals surface area contributed by atoms with Crippen LogP contribution in [0.4, 0.5) is 0 Å². The Balaban J connectivity index is 2.15. The number of hydrogen-bond acceptors (Lipinski definition) is 1. The lowest BCUT2D eigenvalue weighted by molar-refractivity contribution is 0.234. The van der Waals surface area contributed by atoms with Gasteiger partial charge in [0.1, 0.15) is 0 Å². The van der Waals surface area contributed by atoms with Gasteiger partial charge in [-0.1, -0.05) is 43.7 Å². The van der Waals surface area contributed by atoms with E-state index >= 15 is 0 Å². The van der Waals surface area contributed by atoms with Crippen molar-refractivity contribution in [1.82, 2.24) is 5.32 Å². The molecule has 1 aromatic rings. The van der Waals surface area contributed by atoms with Crippen molar-refractivity contribution in [3.63, 3.8) is 0 Å². The lowest BCUT2D eigenvalue weighted by Gasteiger charge is -2.40. The Kier molecular flexibility index (Phi) is 5.04. The molecule has 1 aromatic carbocycles. The molecule has 0 unspecified atom stereocenters. The lowest BCUT2D eigenvalue weighted by Crippen LogP contribution is -2.41. The van der Waals surface area contributed by atoms with Gasteiger partial charge in [0.2, 0.25) is 0 Å². The average Bonchev–Trinajstić information content (AvgIpc) is 2.42. The van der Waals surface area contributed by atoms with E-state index in [0.717, 1.165) is 19.0 Å². The van der Waals surface area contributed by atoms with E-state index in [1.54, 1.807) is 5.56 Å². The maximum atomic E-state index is 3.67. The Bertz CT molecular complexity index is 371. The van der Waals surface area contributed by atoms with Gasteiger partial charge in [-0.25, -0.2) is 0 Å². The molecule has 0 radical (unpaired) electrons. The predicted molar refractivity (Wildman–Crippen MR) is 83.6 cm³/mol. The molecule has 1 fully saturated rings. The smallest absolute Gasteiger partial charge is 0.00779 e. The highest BCUT2D eigenvalue weighted by Gasteiger charge is 2.35. The number of aryl methyl sites for hydroxylation is 1. The van der Waals surface area contributed by atoms with Gasteiger partial charge in [-0.05, 0) is 57.1 Å². The molecule has 0 amide bonds. The van der Waals surface area contributed by atoms with Crippen LogP contribution in [0.3, 0.4) is 0 Å². The minimum atomic E-state index is 0.384. The largest absolute Gasteiger partial charge is 0.316 e. The molecular weight excluding hydrogens is 230 g/mol.